The minimum atomic E-state index is 0.379. The van der Waals surface area contributed by atoms with Gasteiger partial charge in [-0.3, -0.25) is 4.40 Å². The van der Waals surface area contributed by atoms with E-state index in [1.165, 1.54) is 15.4 Å². The van der Waals surface area contributed by atoms with Gasteiger partial charge in [-0.15, -0.1) is 22.7 Å². The number of thiophene rings is 1. The fraction of sp³-hybridized carbons (Fsp3) is 0.357. The van der Waals surface area contributed by atoms with Crippen molar-refractivity contribution in [1.82, 2.24) is 14.7 Å². The second-order valence-corrected chi connectivity index (χ2v) is 6.95. The maximum absolute atomic E-state index is 4.62. The highest BCUT2D eigenvalue weighted by molar-refractivity contribution is 7.17. The molecule has 1 N–H and O–H groups in total. The van der Waals surface area contributed by atoms with E-state index in [1.54, 1.807) is 22.7 Å². The lowest BCUT2D eigenvalue weighted by molar-refractivity contribution is 0.572. The molecule has 0 fully saturated rings. The van der Waals surface area contributed by atoms with E-state index >= 15 is 0 Å². The van der Waals surface area contributed by atoms with Gasteiger partial charge in [0.15, 0.2) is 4.96 Å². The van der Waals surface area contributed by atoms with Crippen LogP contribution in [0.15, 0.2) is 23.7 Å². The zero-order valence-corrected chi connectivity index (χ0v) is 12.9. The zero-order chi connectivity index (χ0) is 13.4. The van der Waals surface area contributed by atoms with E-state index in [2.05, 4.69) is 59.2 Å². The molecule has 0 aliphatic rings. The molecule has 3 nitrogen and oxygen atoms in total. The molecule has 100 valence electrons. The topological polar surface area (TPSA) is 29.3 Å². The maximum Gasteiger partial charge on any atom is 0.194 e. The summed E-state index contributed by atoms with van der Waals surface area (Å²) in [6.07, 6.45) is 2.17. The van der Waals surface area contributed by atoms with E-state index in [0.717, 1.165) is 17.2 Å². The number of hydrogen-bond acceptors (Lipinski definition) is 4. The molecule has 3 rings (SSSR count). The molecule has 0 aliphatic carbocycles. The first-order valence-electron chi connectivity index (χ1n) is 6.36. The normalized spacial score (nSPS) is 13.2. The third kappa shape index (κ3) is 2.45. The molecule has 0 aliphatic heterocycles. The fourth-order valence-corrected chi connectivity index (χ4v) is 3.86. The first kappa shape index (κ1) is 12.8. The highest BCUT2D eigenvalue weighted by atomic mass is 32.1. The molecule has 0 aromatic carbocycles. The van der Waals surface area contributed by atoms with E-state index in [-0.39, 0.29) is 0 Å². The summed E-state index contributed by atoms with van der Waals surface area (Å²) in [5.74, 6) is 0. The van der Waals surface area contributed by atoms with Gasteiger partial charge < -0.3 is 5.32 Å². The van der Waals surface area contributed by atoms with Crippen LogP contribution in [0.2, 0.25) is 0 Å². The average molecular weight is 291 g/mol. The van der Waals surface area contributed by atoms with Crippen LogP contribution in [0.5, 0.6) is 0 Å². The van der Waals surface area contributed by atoms with Crippen LogP contribution >= 0.6 is 22.7 Å². The number of hydrogen-bond donors (Lipinski definition) is 1. The SMILES string of the molecule is Cc1cn2c(CN[C@H](C)c3cccs3)c(C)nc2s1. The summed E-state index contributed by atoms with van der Waals surface area (Å²) in [5.41, 5.74) is 2.39. The second-order valence-electron chi connectivity index (χ2n) is 4.76. The minimum absolute atomic E-state index is 0.379. The summed E-state index contributed by atoms with van der Waals surface area (Å²) in [6, 6.07) is 4.66. The Morgan fingerprint density at radius 3 is 3.00 bits per heavy atom. The Labute approximate surface area is 120 Å². The van der Waals surface area contributed by atoms with Crippen LogP contribution in [0.25, 0.3) is 4.96 Å². The quantitative estimate of drug-likeness (QED) is 0.789. The van der Waals surface area contributed by atoms with Crippen molar-refractivity contribution in [2.45, 2.75) is 33.4 Å². The average Bonchev–Trinajstić information content (AvgIpc) is 3.03. The third-order valence-electron chi connectivity index (χ3n) is 3.29. The molecule has 0 amide bonds. The van der Waals surface area contributed by atoms with Crippen LogP contribution < -0.4 is 5.32 Å². The number of imidazole rings is 1. The van der Waals surface area contributed by atoms with Crippen molar-refractivity contribution in [2.24, 2.45) is 0 Å². The second kappa shape index (κ2) is 5.07. The molecular formula is C14H17N3S2. The standard InChI is InChI=1S/C14H17N3S2/c1-9-8-17-12(10(2)16-14(17)19-9)7-15-11(3)13-5-4-6-18-13/h4-6,8,11,15H,7H2,1-3H3/t11-/m1/s1. The van der Waals surface area contributed by atoms with Gasteiger partial charge in [-0.2, -0.15) is 0 Å². The zero-order valence-electron chi connectivity index (χ0n) is 11.3. The van der Waals surface area contributed by atoms with Crippen molar-refractivity contribution in [3.63, 3.8) is 0 Å². The van der Waals surface area contributed by atoms with E-state index in [1.807, 2.05) is 0 Å². The lowest BCUT2D eigenvalue weighted by atomic mass is 10.2. The van der Waals surface area contributed by atoms with Crippen molar-refractivity contribution in [1.29, 1.82) is 0 Å². The first-order valence-corrected chi connectivity index (χ1v) is 8.05. The van der Waals surface area contributed by atoms with Crippen LogP contribution in [0.1, 0.15) is 34.1 Å². The molecule has 3 aromatic rings. The van der Waals surface area contributed by atoms with Crippen molar-refractivity contribution in [3.8, 4) is 0 Å². The van der Waals surface area contributed by atoms with Gasteiger partial charge in [-0.25, -0.2) is 4.98 Å². The molecule has 5 heteroatoms. The van der Waals surface area contributed by atoms with Gasteiger partial charge in [0.05, 0.1) is 11.4 Å². The fourth-order valence-electron chi connectivity index (χ4n) is 2.21. The molecular weight excluding hydrogens is 274 g/mol. The van der Waals surface area contributed by atoms with Gasteiger partial charge in [0.25, 0.3) is 0 Å². The minimum Gasteiger partial charge on any atom is -0.304 e. The third-order valence-corrected chi connectivity index (χ3v) is 5.24. The summed E-state index contributed by atoms with van der Waals surface area (Å²) in [6.45, 7) is 7.27. The van der Waals surface area contributed by atoms with Gasteiger partial charge in [0, 0.05) is 28.5 Å². The van der Waals surface area contributed by atoms with Crippen molar-refractivity contribution < 1.29 is 0 Å². The summed E-state index contributed by atoms with van der Waals surface area (Å²) in [7, 11) is 0. The number of nitrogens with one attached hydrogen (secondary N) is 1. The van der Waals surface area contributed by atoms with Crippen molar-refractivity contribution in [3.05, 3.63) is 44.9 Å². The molecule has 3 heterocycles. The lowest BCUT2D eigenvalue weighted by Crippen LogP contribution is -2.18. The van der Waals surface area contributed by atoms with Crippen LogP contribution in [-0.4, -0.2) is 9.38 Å². The number of aromatic nitrogens is 2. The van der Waals surface area contributed by atoms with E-state index in [9.17, 15) is 0 Å². The van der Waals surface area contributed by atoms with Crippen LogP contribution in [0, 0.1) is 13.8 Å². The van der Waals surface area contributed by atoms with Gasteiger partial charge >= 0.3 is 0 Å². The molecule has 0 unspecified atom stereocenters. The van der Waals surface area contributed by atoms with Crippen LogP contribution in [0.3, 0.4) is 0 Å². The van der Waals surface area contributed by atoms with Gasteiger partial charge in [0.1, 0.15) is 0 Å². The highest BCUT2D eigenvalue weighted by Crippen LogP contribution is 2.22. The molecule has 0 saturated heterocycles. The predicted octanol–water partition coefficient (Wildman–Crippen LogP) is 3.92. The molecule has 0 spiro atoms. The number of fused-ring (bicyclic) bond motifs is 1. The molecule has 19 heavy (non-hydrogen) atoms. The van der Waals surface area contributed by atoms with E-state index in [0.29, 0.717) is 6.04 Å². The molecule has 0 bridgehead atoms. The number of thiazole rings is 1. The number of nitrogens with zero attached hydrogens (tertiary/aromatic N) is 2. The maximum atomic E-state index is 4.62. The predicted molar refractivity (Wildman–Crippen MR) is 82.1 cm³/mol. The Morgan fingerprint density at radius 2 is 2.26 bits per heavy atom. The van der Waals surface area contributed by atoms with Gasteiger partial charge in [0.2, 0.25) is 0 Å². The van der Waals surface area contributed by atoms with Crippen molar-refractivity contribution >= 4 is 27.6 Å². The summed E-state index contributed by atoms with van der Waals surface area (Å²) in [5, 5.41) is 5.71. The van der Waals surface area contributed by atoms with E-state index in [4.69, 9.17) is 0 Å². The molecule has 3 aromatic heterocycles. The van der Waals surface area contributed by atoms with E-state index < -0.39 is 0 Å². The van der Waals surface area contributed by atoms with Crippen LogP contribution in [0.4, 0.5) is 0 Å². The Morgan fingerprint density at radius 1 is 1.42 bits per heavy atom. The number of rotatable bonds is 4. The Bertz CT molecular complexity index is 679. The lowest BCUT2D eigenvalue weighted by Gasteiger charge is -2.12. The Kier molecular flexibility index (Phi) is 3.43. The monoisotopic (exact) mass is 291 g/mol. The number of aryl methyl sites for hydroxylation is 2. The highest BCUT2D eigenvalue weighted by Gasteiger charge is 2.12. The summed E-state index contributed by atoms with van der Waals surface area (Å²) in [4.78, 5) is 8.39. The van der Waals surface area contributed by atoms with Crippen molar-refractivity contribution in [2.75, 3.05) is 0 Å². The van der Waals surface area contributed by atoms with Gasteiger partial charge in [-0.1, -0.05) is 6.07 Å². The first-order chi connectivity index (χ1) is 9.15. The molecule has 0 saturated carbocycles. The largest absolute Gasteiger partial charge is 0.304 e. The molecule has 0 radical (unpaired) electrons. The molecule has 1 atom stereocenters. The Balaban J connectivity index is 1.79. The van der Waals surface area contributed by atoms with Gasteiger partial charge in [-0.05, 0) is 32.2 Å². The summed E-state index contributed by atoms with van der Waals surface area (Å²) >= 11 is 3.54. The van der Waals surface area contributed by atoms with Crippen LogP contribution in [-0.2, 0) is 6.54 Å². The summed E-state index contributed by atoms with van der Waals surface area (Å²) < 4.78 is 2.21. The smallest absolute Gasteiger partial charge is 0.194 e. The Hall–Kier alpha value is -1.17.